The Hall–Kier alpha value is -1.75. The van der Waals surface area contributed by atoms with E-state index in [0.717, 1.165) is 24.3 Å². The minimum absolute atomic E-state index is 0.307. The summed E-state index contributed by atoms with van der Waals surface area (Å²) in [6.07, 6.45) is 4.20. The fraction of sp³-hybridized carbons (Fsp3) is 0.167. The molecular formula is C12H8ClF2NO2. The highest BCUT2D eigenvalue weighted by atomic mass is 35.5. The molecule has 1 aromatic heterocycles. The maximum absolute atomic E-state index is 13.7. The zero-order valence-electron chi connectivity index (χ0n) is 8.98. The number of pyridine rings is 1. The first-order chi connectivity index (χ1) is 8.45. The molecule has 0 bridgehead atoms. The molecule has 0 aliphatic heterocycles. The smallest absolute Gasteiger partial charge is 0.312 e. The Morgan fingerprint density at radius 1 is 1.50 bits per heavy atom. The van der Waals surface area contributed by atoms with Crippen LogP contribution in [-0.2, 0) is 9.67 Å². The summed E-state index contributed by atoms with van der Waals surface area (Å²) < 4.78 is 26.9. The number of alkyl halides is 1. The molecule has 0 saturated carbocycles. The van der Waals surface area contributed by atoms with Gasteiger partial charge in [0, 0.05) is 6.20 Å². The summed E-state index contributed by atoms with van der Waals surface area (Å²) in [6.45, 7) is 0. The van der Waals surface area contributed by atoms with Crippen molar-refractivity contribution in [3.05, 3.63) is 53.9 Å². The summed E-state index contributed by atoms with van der Waals surface area (Å²) in [5.74, 6) is -4.08. The van der Waals surface area contributed by atoms with Gasteiger partial charge in [-0.1, -0.05) is 6.08 Å². The number of nitrogens with zero attached hydrogens (tertiary/aromatic N) is 1. The van der Waals surface area contributed by atoms with Crippen LogP contribution >= 0.6 is 11.6 Å². The largest absolute Gasteiger partial charge is 0.481 e. The topological polar surface area (TPSA) is 50.2 Å². The summed E-state index contributed by atoms with van der Waals surface area (Å²) in [7, 11) is 0. The molecule has 0 amide bonds. The van der Waals surface area contributed by atoms with Crippen molar-refractivity contribution in [2.75, 3.05) is 0 Å². The van der Waals surface area contributed by atoms with Crippen molar-refractivity contribution in [2.45, 2.75) is 4.87 Å². The van der Waals surface area contributed by atoms with E-state index < -0.39 is 28.4 Å². The number of halogens is 3. The van der Waals surface area contributed by atoms with Gasteiger partial charge >= 0.3 is 5.97 Å². The van der Waals surface area contributed by atoms with Gasteiger partial charge < -0.3 is 5.11 Å². The predicted molar refractivity (Wildman–Crippen MR) is 61.2 cm³/mol. The van der Waals surface area contributed by atoms with E-state index in [4.69, 9.17) is 16.7 Å². The van der Waals surface area contributed by atoms with Crippen LogP contribution in [0, 0.1) is 11.7 Å². The molecule has 2 rings (SSSR count). The number of carboxylic acid groups (broad SMARTS) is 1. The standard InChI is InChI=1S/C12H8ClF2NO2/c13-12(10-9(15)2-1-5-16-10)6-7(14)3-4-8(12)11(17)18/h1-6,8H,(H,17,18). The van der Waals surface area contributed by atoms with E-state index in [1.807, 2.05) is 0 Å². The summed E-state index contributed by atoms with van der Waals surface area (Å²) in [4.78, 5) is 13.0. The maximum atomic E-state index is 13.7. The van der Waals surface area contributed by atoms with E-state index in [1.54, 1.807) is 0 Å². The van der Waals surface area contributed by atoms with Gasteiger partial charge in [-0.25, -0.2) is 8.78 Å². The lowest BCUT2D eigenvalue weighted by molar-refractivity contribution is -0.140. The van der Waals surface area contributed by atoms with E-state index in [0.29, 0.717) is 0 Å². The average Bonchev–Trinajstić information content (AvgIpc) is 2.28. The molecule has 2 atom stereocenters. The Labute approximate surface area is 106 Å². The van der Waals surface area contributed by atoms with Crippen LogP contribution in [0.5, 0.6) is 0 Å². The third-order valence-electron chi connectivity index (χ3n) is 2.64. The summed E-state index contributed by atoms with van der Waals surface area (Å²) >= 11 is 6.11. The Bertz CT molecular complexity index is 559. The average molecular weight is 272 g/mol. The van der Waals surface area contributed by atoms with Crippen molar-refractivity contribution < 1.29 is 18.7 Å². The minimum Gasteiger partial charge on any atom is -0.481 e. The normalized spacial score (nSPS) is 26.8. The molecule has 0 aromatic carbocycles. The summed E-state index contributed by atoms with van der Waals surface area (Å²) in [6, 6.07) is 2.43. The molecule has 1 heterocycles. The van der Waals surface area contributed by atoms with E-state index >= 15 is 0 Å². The first-order valence-electron chi connectivity index (χ1n) is 5.04. The molecule has 0 spiro atoms. The molecule has 1 N–H and O–H groups in total. The molecule has 1 aliphatic carbocycles. The Morgan fingerprint density at radius 3 is 2.83 bits per heavy atom. The first-order valence-corrected chi connectivity index (χ1v) is 5.42. The van der Waals surface area contributed by atoms with Crippen LogP contribution in [0.4, 0.5) is 8.78 Å². The van der Waals surface area contributed by atoms with Crippen molar-refractivity contribution in [1.82, 2.24) is 4.98 Å². The van der Waals surface area contributed by atoms with Crippen LogP contribution in [0.25, 0.3) is 0 Å². The van der Waals surface area contributed by atoms with Crippen LogP contribution in [-0.4, -0.2) is 16.1 Å². The van der Waals surface area contributed by atoms with Crippen molar-refractivity contribution in [1.29, 1.82) is 0 Å². The zero-order valence-corrected chi connectivity index (χ0v) is 9.73. The van der Waals surface area contributed by atoms with Gasteiger partial charge in [-0.3, -0.25) is 9.78 Å². The molecule has 0 saturated heterocycles. The molecule has 0 radical (unpaired) electrons. The molecule has 94 valence electrons. The van der Waals surface area contributed by atoms with Crippen LogP contribution in [0.3, 0.4) is 0 Å². The van der Waals surface area contributed by atoms with Gasteiger partial charge in [0.15, 0.2) is 0 Å². The number of hydrogen-bond acceptors (Lipinski definition) is 2. The van der Waals surface area contributed by atoms with Gasteiger partial charge in [-0.05, 0) is 24.3 Å². The quantitative estimate of drug-likeness (QED) is 0.842. The van der Waals surface area contributed by atoms with E-state index in [1.165, 1.54) is 12.3 Å². The highest BCUT2D eigenvalue weighted by Gasteiger charge is 2.45. The second kappa shape index (κ2) is 4.49. The third-order valence-corrected chi connectivity index (χ3v) is 3.16. The molecule has 2 unspecified atom stereocenters. The van der Waals surface area contributed by atoms with Gasteiger partial charge in [-0.2, -0.15) is 0 Å². The number of allylic oxidation sites excluding steroid dienone is 3. The van der Waals surface area contributed by atoms with E-state index in [-0.39, 0.29) is 5.69 Å². The number of aliphatic carboxylic acids is 1. The Morgan fingerprint density at radius 2 is 2.22 bits per heavy atom. The summed E-state index contributed by atoms with van der Waals surface area (Å²) in [5, 5.41) is 9.07. The highest BCUT2D eigenvalue weighted by Crippen LogP contribution is 2.43. The molecule has 0 fully saturated rings. The first kappa shape index (κ1) is 12.7. The van der Waals surface area contributed by atoms with Gasteiger partial charge in [-0.15, -0.1) is 11.6 Å². The van der Waals surface area contributed by atoms with Crippen LogP contribution in [0.15, 0.2) is 42.4 Å². The summed E-state index contributed by atoms with van der Waals surface area (Å²) in [5.41, 5.74) is -0.307. The van der Waals surface area contributed by atoms with Gasteiger partial charge in [0.1, 0.15) is 28.1 Å². The monoisotopic (exact) mass is 271 g/mol. The number of hydrogen-bond donors (Lipinski definition) is 1. The van der Waals surface area contributed by atoms with Crippen LogP contribution in [0.1, 0.15) is 5.69 Å². The lowest BCUT2D eigenvalue weighted by atomic mass is 9.84. The van der Waals surface area contributed by atoms with Crippen molar-refractivity contribution >= 4 is 17.6 Å². The number of carboxylic acids is 1. The fourth-order valence-electron chi connectivity index (χ4n) is 1.81. The molecular weight excluding hydrogens is 264 g/mol. The zero-order chi connectivity index (χ0) is 13.3. The van der Waals surface area contributed by atoms with Crippen molar-refractivity contribution in [3.8, 4) is 0 Å². The molecule has 1 aromatic rings. The number of rotatable bonds is 2. The van der Waals surface area contributed by atoms with Gasteiger partial charge in [0.05, 0.1) is 0 Å². The molecule has 6 heteroatoms. The molecule has 18 heavy (non-hydrogen) atoms. The SMILES string of the molecule is O=C(O)C1C=CC(F)=CC1(Cl)c1ncccc1F. The van der Waals surface area contributed by atoms with Crippen molar-refractivity contribution in [2.24, 2.45) is 5.92 Å². The lowest BCUT2D eigenvalue weighted by Gasteiger charge is -2.29. The second-order valence-corrected chi connectivity index (χ2v) is 4.43. The van der Waals surface area contributed by atoms with Gasteiger partial charge in [0.2, 0.25) is 0 Å². The molecule has 3 nitrogen and oxygen atoms in total. The van der Waals surface area contributed by atoms with E-state index in [9.17, 15) is 13.6 Å². The lowest BCUT2D eigenvalue weighted by Crippen LogP contribution is -2.35. The number of aromatic nitrogens is 1. The predicted octanol–water partition coefficient (Wildman–Crippen LogP) is 2.78. The maximum Gasteiger partial charge on any atom is 0.312 e. The highest BCUT2D eigenvalue weighted by molar-refractivity contribution is 6.27. The number of carbonyl (C=O) groups is 1. The Balaban J connectivity index is 2.60. The fourth-order valence-corrected chi connectivity index (χ4v) is 2.22. The molecule has 1 aliphatic rings. The van der Waals surface area contributed by atoms with Gasteiger partial charge in [0.25, 0.3) is 0 Å². The second-order valence-electron chi connectivity index (χ2n) is 3.81. The Kier molecular flexibility index (Phi) is 3.17. The van der Waals surface area contributed by atoms with Crippen LogP contribution < -0.4 is 0 Å². The minimum atomic E-state index is -1.87. The van der Waals surface area contributed by atoms with E-state index in [2.05, 4.69) is 4.98 Å². The third kappa shape index (κ3) is 2.01. The van der Waals surface area contributed by atoms with Crippen LogP contribution in [0.2, 0.25) is 0 Å². The van der Waals surface area contributed by atoms with Crippen molar-refractivity contribution in [3.63, 3.8) is 0 Å².